The smallest absolute Gasteiger partial charge is 0.416 e. The molecule has 0 bridgehead atoms. The van der Waals surface area contributed by atoms with Gasteiger partial charge in [0.15, 0.2) is 0 Å². The van der Waals surface area contributed by atoms with Crippen LogP contribution in [0.1, 0.15) is 5.56 Å². The number of alkyl halides is 3. The summed E-state index contributed by atoms with van der Waals surface area (Å²) in [5.74, 6) is 1.19. The van der Waals surface area contributed by atoms with Crippen LogP contribution in [0.2, 0.25) is 0 Å². The number of ether oxygens (including phenoxy) is 2. The molecule has 0 fully saturated rings. The molecule has 2 aromatic carbocycles. The van der Waals surface area contributed by atoms with E-state index in [4.69, 9.17) is 15.2 Å². The van der Waals surface area contributed by atoms with E-state index in [1.165, 1.54) is 13.2 Å². The Bertz CT molecular complexity index is 659. The zero-order valence-corrected chi connectivity index (χ0v) is 12.5. The topological polar surface area (TPSA) is 44.5 Å². The van der Waals surface area contributed by atoms with Crippen molar-refractivity contribution in [3.05, 3.63) is 46.4 Å². The summed E-state index contributed by atoms with van der Waals surface area (Å²) in [7, 11) is 1.52. The molecule has 0 saturated carbocycles. The van der Waals surface area contributed by atoms with Gasteiger partial charge in [-0.3, -0.25) is 0 Å². The molecule has 0 unspecified atom stereocenters. The average Bonchev–Trinajstić information content (AvgIpc) is 2.41. The third-order valence-corrected chi connectivity index (χ3v) is 3.32. The lowest BCUT2D eigenvalue weighted by Gasteiger charge is -2.13. The van der Waals surface area contributed by atoms with Gasteiger partial charge in [-0.25, -0.2) is 0 Å². The summed E-state index contributed by atoms with van der Waals surface area (Å²) in [4.78, 5) is 0. The largest absolute Gasteiger partial charge is 0.497 e. The molecule has 0 aliphatic carbocycles. The van der Waals surface area contributed by atoms with Crippen molar-refractivity contribution in [2.45, 2.75) is 6.18 Å². The lowest BCUT2D eigenvalue weighted by molar-refractivity contribution is -0.137. The van der Waals surface area contributed by atoms with Crippen molar-refractivity contribution in [3.63, 3.8) is 0 Å². The first-order valence-electron chi connectivity index (χ1n) is 5.79. The molecule has 0 saturated heterocycles. The SMILES string of the molecule is COc1ccc(Oc2ccc(C(F)(F)F)cc2N)c(Br)c1. The summed E-state index contributed by atoms with van der Waals surface area (Å²) in [6.45, 7) is 0. The summed E-state index contributed by atoms with van der Waals surface area (Å²) in [6.07, 6.45) is -4.44. The minimum atomic E-state index is -4.44. The molecule has 2 N–H and O–H groups in total. The lowest BCUT2D eigenvalue weighted by atomic mass is 10.2. The number of methoxy groups -OCH3 is 1. The van der Waals surface area contributed by atoms with Crippen molar-refractivity contribution < 1.29 is 22.6 Å². The Hall–Kier alpha value is -1.89. The van der Waals surface area contributed by atoms with E-state index in [0.717, 1.165) is 12.1 Å². The zero-order valence-electron chi connectivity index (χ0n) is 10.9. The number of halogens is 4. The fraction of sp³-hybridized carbons (Fsp3) is 0.143. The second-order valence-electron chi connectivity index (χ2n) is 4.15. The molecular weight excluding hydrogens is 351 g/mol. The Balaban J connectivity index is 2.28. The Morgan fingerprint density at radius 1 is 1.05 bits per heavy atom. The first kappa shape index (κ1) is 15.5. The number of nitrogen functional groups attached to an aromatic ring is 1. The monoisotopic (exact) mass is 361 g/mol. The first-order valence-corrected chi connectivity index (χ1v) is 6.58. The van der Waals surface area contributed by atoms with Gasteiger partial charge < -0.3 is 15.2 Å². The van der Waals surface area contributed by atoms with E-state index < -0.39 is 11.7 Å². The summed E-state index contributed by atoms with van der Waals surface area (Å²) < 4.78 is 48.8. The number of nitrogens with two attached hydrogens (primary N) is 1. The lowest BCUT2D eigenvalue weighted by Crippen LogP contribution is -2.06. The van der Waals surface area contributed by atoms with Crippen LogP contribution >= 0.6 is 15.9 Å². The number of benzene rings is 2. The number of hydrogen-bond donors (Lipinski definition) is 1. The van der Waals surface area contributed by atoms with Gasteiger partial charge in [-0.15, -0.1) is 0 Å². The van der Waals surface area contributed by atoms with E-state index in [0.29, 0.717) is 16.0 Å². The molecule has 0 aliphatic rings. The van der Waals surface area contributed by atoms with Gasteiger partial charge in [0.25, 0.3) is 0 Å². The number of rotatable bonds is 3. The molecule has 112 valence electrons. The molecule has 0 spiro atoms. The van der Waals surface area contributed by atoms with E-state index in [-0.39, 0.29) is 11.4 Å². The molecule has 0 aliphatic heterocycles. The molecular formula is C14H11BrF3NO2. The minimum absolute atomic E-state index is 0.0902. The highest BCUT2D eigenvalue weighted by atomic mass is 79.9. The van der Waals surface area contributed by atoms with E-state index in [1.54, 1.807) is 18.2 Å². The highest BCUT2D eigenvalue weighted by molar-refractivity contribution is 9.10. The molecule has 0 amide bonds. The van der Waals surface area contributed by atoms with Crippen molar-refractivity contribution in [1.82, 2.24) is 0 Å². The van der Waals surface area contributed by atoms with Gasteiger partial charge in [-0.2, -0.15) is 13.2 Å². The maximum Gasteiger partial charge on any atom is 0.416 e. The highest BCUT2D eigenvalue weighted by Crippen LogP contribution is 2.37. The normalized spacial score (nSPS) is 11.3. The predicted molar refractivity (Wildman–Crippen MR) is 76.6 cm³/mol. The van der Waals surface area contributed by atoms with Gasteiger partial charge in [0.2, 0.25) is 0 Å². The molecule has 7 heteroatoms. The fourth-order valence-corrected chi connectivity index (χ4v) is 2.07. The average molecular weight is 362 g/mol. The molecule has 0 atom stereocenters. The summed E-state index contributed by atoms with van der Waals surface area (Å²) >= 11 is 3.29. The molecule has 21 heavy (non-hydrogen) atoms. The van der Waals surface area contributed by atoms with Crippen LogP contribution in [0.4, 0.5) is 18.9 Å². The molecule has 2 aromatic rings. The second kappa shape index (κ2) is 5.85. The van der Waals surface area contributed by atoms with E-state index in [9.17, 15) is 13.2 Å². The first-order chi connectivity index (χ1) is 9.81. The molecule has 0 heterocycles. The van der Waals surface area contributed by atoms with Crippen LogP contribution in [-0.4, -0.2) is 7.11 Å². The minimum Gasteiger partial charge on any atom is -0.497 e. The third kappa shape index (κ3) is 3.60. The van der Waals surface area contributed by atoms with Gasteiger partial charge in [-0.05, 0) is 52.3 Å². The molecule has 2 rings (SSSR count). The van der Waals surface area contributed by atoms with Crippen molar-refractivity contribution >= 4 is 21.6 Å². The maximum atomic E-state index is 12.6. The van der Waals surface area contributed by atoms with Gasteiger partial charge in [0.05, 0.1) is 22.8 Å². The number of anilines is 1. The summed E-state index contributed by atoms with van der Waals surface area (Å²) in [5.41, 5.74) is 4.70. The maximum absolute atomic E-state index is 12.6. The predicted octanol–water partition coefficient (Wildman–Crippen LogP) is 4.85. The van der Waals surface area contributed by atoms with Crippen LogP contribution < -0.4 is 15.2 Å². The van der Waals surface area contributed by atoms with Gasteiger partial charge >= 0.3 is 6.18 Å². The standard InChI is InChI=1S/C14H11BrF3NO2/c1-20-9-3-5-12(10(15)7-9)21-13-4-2-8(6-11(13)19)14(16,17)18/h2-7H,19H2,1H3. The van der Waals surface area contributed by atoms with Crippen molar-refractivity contribution in [3.8, 4) is 17.2 Å². The highest BCUT2D eigenvalue weighted by Gasteiger charge is 2.31. The van der Waals surface area contributed by atoms with Crippen molar-refractivity contribution in [2.75, 3.05) is 12.8 Å². The molecule has 3 nitrogen and oxygen atoms in total. The van der Waals surface area contributed by atoms with E-state index >= 15 is 0 Å². The summed E-state index contributed by atoms with van der Waals surface area (Å²) in [5, 5.41) is 0. The van der Waals surface area contributed by atoms with Crippen LogP contribution in [0.3, 0.4) is 0 Å². The third-order valence-electron chi connectivity index (χ3n) is 2.70. The van der Waals surface area contributed by atoms with Gasteiger partial charge in [0, 0.05) is 0 Å². The zero-order chi connectivity index (χ0) is 15.6. The van der Waals surface area contributed by atoms with Gasteiger partial charge in [-0.1, -0.05) is 0 Å². The summed E-state index contributed by atoms with van der Waals surface area (Å²) in [6, 6.07) is 7.92. The van der Waals surface area contributed by atoms with E-state index in [1.807, 2.05) is 0 Å². The van der Waals surface area contributed by atoms with Crippen molar-refractivity contribution in [2.24, 2.45) is 0 Å². The van der Waals surface area contributed by atoms with E-state index in [2.05, 4.69) is 15.9 Å². The second-order valence-corrected chi connectivity index (χ2v) is 5.00. The molecule has 0 aromatic heterocycles. The Labute approximate surface area is 127 Å². The van der Waals surface area contributed by atoms with Crippen LogP contribution in [0.15, 0.2) is 40.9 Å². The van der Waals surface area contributed by atoms with Crippen LogP contribution in [0, 0.1) is 0 Å². The Kier molecular flexibility index (Phi) is 4.32. The fourth-order valence-electron chi connectivity index (χ4n) is 1.63. The quantitative estimate of drug-likeness (QED) is 0.794. The van der Waals surface area contributed by atoms with Crippen LogP contribution in [-0.2, 0) is 6.18 Å². The molecule has 0 radical (unpaired) electrons. The van der Waals surface area contributed by atoms with Crippen LogP contribution in [0.5, 0.6) is 17.2 Å². The van der Waals surface area contributed by atoms with Crippen LogP contribution in [0.25, 0.3) is 0 Å². The van der Waals surface area contributed by atoms with Crippen molar-refractivity contribution in [1.29, 1.82) is 0 Å². The Morgan fingerprint density at radius 3 is 2.24 bits per heavy atom. The van der Waals surface area contributed by atoms with Gasteiger partial charge in [0.1, 0.15) is 17.2 Å². The Morgan fingerprint density at radius 2 is 1.71 bits per heavy atom. The number of hydrogen-bond acceptors (Lipinski definition) is 3.